The van der Waals surface area contributed by atoms with Gasteiger partial charge in [0.2, 0.25) is 5.91 Å². The monoisotopic (exact) mass is 424 g/mol. The first kappa shape index (κ1) is 23.0. The predicted molar refractivity (Wildman–Crippen MR) is 112 cm³/mol. The number of likely N-dealkylation sites (N-methyl/N-ethyl adjacent to an activating group) is 1. The van der Waals surface area contributed by atoms with Crippen molar-refractivity contribution in [2.75, 3.05) is 32.1 Å². The quantitative estimate of drug-likeness (QED) is 0.522. The van der Waals surface area contributed by atoms with Crippen molar-refractivity contribution in [2.45, 2.75) is 31.0 Å². The van der Waals surface area contributed by atoms with Gasteiger partial charge in [0, 0.05) is 17.1 Å². The number of hydrogen-bond acceptors (Lipinski definition) is 5. The Labute approximate surface area is 174 Å². The number of carbonyl (C=O) groups is 1. The minimum absolute atomic E-state index is 0.168. The fourth-order valence-electron chi connectivity index (χ4n) is 2.75. The molecule has 0 heterocycles. The van der Waals surface area contributed by atoms with Crippen LogP contribution in [0.1, 0.15) is 19.4 Å². The average molecular weight is 425 g/mol. The molecule has 29 heavy (non-hydrogen) atoms. The summed E-state index contributed by atoms with van der Waals surface area (Å²) >= 11 is 0.475. The summed E-state index contributed by atoms with van der Waals surface area (Å²) in [5.41, 5.74) is 1.58. The smallest absolute Gasteiger partial charge is 0.288 e. The van der Waals surface area contributed by atoms with E-state index in [-0.39, 0.29) is 12.5 Å². The highest BCUT2D eigenvalue weighted by molar-refractivity contribution is 7.99. The number of hydrogen-bond donors (Lipinski definition) is 1. The van der Waals surface area contributed by atoms with Crippen molar-refractivity contribution in [1.82, 2.24) is 4.90 Å². The van der Waals surface area contributed by atoms with Gasteiger partial charge in [-0.2, -0.15) is 8.78 Å². The van der Waals surface area contributed by atoms with Gasteiger partial charge in [0.05, 0.1) is 20.3 Å². The lowest BCUT2D eigenvalue weighted by Crippen LogP contribution is -2.32. The highest BCUT2D eigenvalue weighted by Crippen LogP contribution is 2.29. The molecule has 2 aromatic rings. The molecule has 0 atom stereocenters. The largest absolute Gasteiger partial charge is 0.493 e. The molecule has 0 fully saturated rings. The van der Waals surface area contributed by atoms with E-state index in [4.69, 9.17) is 9.47 Å². The Hall–Kier alpha value is -2.32. The molecule has 5 nitrogen and oxygen atoms in total. The number of nitrogens with zero attached hydrogens (tertiary/aromatic N) is 1. The lowest BCUT2D eigenvalue weighted by Gasteiger charge is -2.21. The van der Waals surface area contributed by atoms with E-state index in [9.17, 15) is 13.6 Å². The maximum atomic E-state index is 12.4. The molecule has 0 aromatic heterocycles. The van der Waals surface area contributed by atoms with Crippen LogP contribution in [0, 0.1) is 0 Å². The van der Waals surface area contributed by atoms with Crippen molar-refractivity contribution in [3.05, 3.63) is 48.0 Å². The minimum atomic E-state index is -2.46. The van der Waals surface area contributed by atoms with Crippen LogP contribution < -0.4 is 14.8 Å². The van der Waals surface area contributed by atoms with Gasteiger partial charge in [-0.1, -0.05) is 24.8 Å². The Balaban J connectivity index is 1.94. The Bertz CT molecular complexity index is 788. The maximum Gasteiger partial charge on any atom is 0.288 e. The van der Waals surface area contributed by atoms with Gasteiger partial charge in [-0.05, 0) is 55.4 Å². The molecule has 0 radical (unpaired) electrons. The number of carbonyl (C=O) groups excluding carboxylic acids is 1. The molecule has 1 amide bonds. The van der Waals surface area contributed by atoms with Crippen LogP contribution in [0.15, 0.2) is 47.4 Å². The molecule has 0 bridgehead atoms. The third kappa shape index (κ3) is 7.55. The molecule has 0 saturated carbocycles. The summed E-state index contributed by atoms with van der Waals surface area (Å²) in [4.78, 5) is 14.8. The summed E-state index contributed by atoms with van der Waals surface area (Å²) in [5.74, 6) is -1.28. The number of methoxy groups -OCH3 is 1. The molecule has 2 rings (SSSR count). The minimum Gasteiger partial charge on any atom is -0.493 e. The summed E-state index contributed by atoms with van der Waals surface area (Å²) in [6.07, 6.45) is 0. The molecule has 2 aromatic carbocycles. The summed E-state index contributed by atoms with van der Waals surface area (Å²) in [7, 11) is 1.59. The van der Waals surface area contributed by atoms with Gasteiger partial charge in [-0.3, -0.25) is 9.69 Å². The first-order chi connectivity index (χ1) is 13.9. The van der Waals surface area contributed by atoms with E-state index in [2.05, 4.69) is 5.32 Å². The lowest BCUT2D eigenvalue weighted by molar-refractivity contribution is -0.117. The standard InChI is InChI=1S/C21H26F2N2O3S/c1-4-25(13-15-6-11-18(28-5-2)19(12-15)27-3)14-20(26)24-16-7-9-17(10-8-16)29-21(22)23/h6-12,21H,4-5,13-14H2,1-3H3,(H,24,26). The van der Waals surface area contributed by atoms with Gasteiger partial charge in [-0.15, -0.1) is 0 Å². The lowest BCUT2D eigenvalue weighted by atomic mass is 10.2. The number of amides is 1. The number of alkyl halides is 2. The van der Waals surface area contributed by atoms with Gasteiger partial charge in [0.1, 0.15) is 0 Å². The van der Waals surface area contributed by atoms with E-state index in [1.807, 2.05) is 36.9 Å². The van der Waals surface area contributed by atoms with Crippen molar-refractivity contribution >= 4 is 23.4 Å². The maximum absolute atomic E-state index is 12.4. The second kappa shape index (κ2) is 11.6. The Morgan fingerprint density at radius 3 is 2.45 bits per heavy atom. The van der Waals surface area contributed by atoms with Gasteiger partial charge >= 0.3 is 0 Å². The van der Waals surface area contributed by atoms with Crippen LogP contribution in [0.5, 0.6) is 11.5 Å². The molecular weight excluding hydrogens is 398 g/mol. The van der Waals surface area contributed by atoms with Crippen molar-refractivity contribution < 1.29 is 23.0 Å². The number of halogens is 2. The SMILES string of the molecule is CCOc1ccc(CN(CC)CC(=O)Nc2ccc(SC(F)F)cc2)cc1OC. The Morgan fingerprint density at radius 1 is 1.14 bits per heavy atom. The van der Waals surface area contributed by atoms with Crippen LogP contribution in [-0.2, 0) is 11.3 Å². The number of thioether (sulfide) groups is 1. The fraction of sp³-hybridized carbons (Fsp3) is 0.381. The first-order valence-corrected chi connectivity index (χ1v) is 10.2. The van der Waals surface area contributed by atoms with E-state index < -0.39 is 5.76 Å². The summed E-state index contributed by atoms with van der Waals surface area (Å²) in [6, 6.07) is 12.1. The van der Waals surface area contributed by atoms with E-state index in [1.165, 1.54) is 0 Å². The zero-order valence-corrected chi connectivity index (χ0v) is 17.6. The van der Waals surface area contributed by atoms with Gasteiger partial charge in [0.25, 0.3) is 5.76 Å². The second-order valence-electron chi connectivity index (χ2n) is 6.17. The van der Waals surface area contributed by atoms with Crippen molar-refractivity contribution in [3.8, 4) is 11.5 Å². The van der Waals surface area contributed by atoms with Gasteiger partial charge < -0.3 is 14.8 Å². The summed E-state index contributed by atoms with van der Waals surface area (Å²) in [6.45, 7) is 5.92. The zero-order chi connectivity index (χ0) is 21.2. The molecule has 158 valence electrons. The van der Waals surface area contributed by atoms with Crippen LogP contribution in [0.4, 0.5) is 14.5 Å². The summed E-state index contributed by atoms with van der Waals surface area (Å²) in [5, 5.41) is 2.80. The summed E-state index contributed by atoms with van der Waals surface area (Å²) < 4.78 is 35.7. The third-order valence-corrected chi connectivity index (χ3v) is 4.83. The molecule has 0 aliphatic rings. The number of ether oxygens (including phenoxy) is 2. The number of benzene rings is 2. The van der Waals surface area contributed by atoms with Gasteiger partial charge in [-0.25, -0.2) is 0 Å². The van der Waals surface area contributed by atoms with Crippen LogP contribution >= 0.6 is 11.8 Å². The highest BCUT2D eigenvalue weighted by Gasteiger charge is 2.13. The average Bonchev–Trinajstić information content (AvgIpc) is 2.69. The van der Waals surface area contributed by atoms with Gasteiger partial charge in [0.15, 0.2) is 11.5 Å². The Morgan fingerprint density at radius 2 is 1.86 bits per heavy atom. The molecule has 0 saturated heterocycles. The third-order valence-electron chi connectivity index (χ3n) is 4.11. The molecule has 0 aliphatic carbocycles. The van der Waals surface area contributed by atoms with E-state index in [1.54, 1.807) is 31.4 Å². The van der Waals surface area contributed by atoms with E-state index >= 15 is 0 Å². The molecule has 1 N–H and O–H groups in total. The first-order valence-electron chi connectivity index (χ1n) is 9.31. The Kier molecular flexibility index (Phi) is 9.21. The van der Waals surface area contributed by atoms with Crippen LogP contribution in [-0.4, -0.2) is 43.4 Å². The van der Waals surface area contributed by atoms with Crippen molar-refractivity contribution in [2.24, 2.45) is 0 Å². The molecule has 0 aliphatic heterocycles. The molecule has 8 heteroatoms. The van der Waals surface area contributed by atoms with Crippen molar-refractivity contribution in [3.63, 3.8) is 0 Å². The van der Waals surface area contributed by atoms with E-state index in [0.29, 0.717) is 53.5 Å². The zero-order valence-electron chi connectivity index (χ0n) is 16.8. The predicted octanol–water partition coefficient (Wildman–Crippen LogP) is 4.87. The fourth-order valence-corrected chi connectivity index (χ4v) is 3.25. The van der Waals surface area contributed by atoms with Crippen LogP contribution in [0.2, 0.25) is 0 Å². The van der Waals surface area contributed by atoms with Crippen molar-refractivity contribution in [1.29, 1.82) is 0 Å². The van der Waals surface area contributed by atoms with Crippen LogP contribution in [0.25, 0.3) is 0 Å². The number of anilines is 1. The topological polar surface area (TPSA) is 50.8 Å². The van der Waals surface area contributed by atoms with Crippen LogP contribution in [0.3, 0.4) is 0 Å². The molecular formula is C21H26F2N2O3S. The van der Waals surface area contributed by atoms with E-state index in [0.717, 1.165) is 5.56 Å². The highest BCUT2D eigenvalue weighted by atomic mass is 32.2. The molecule has 0 unspecified atom stereocenters. The molecule has 0 spiro atoms. The second-order valence-corrected chi connectivity index (χ2v) is 7.24. The number of rotatable bonds is 11. The normalized spacial score (nSPS) is 11.0. The number of nitrogens with one attached hydrogen (secondary N) is 1.